The summed E-state index contributed by atoms with van der Waals surface area (Å²) < 4.78 is 1.86. The van der Waals surface area contributed by atoms with E-state index >= 15 is 0 Å². The molecule has 4 nitrogen and oxygen atoms in total. The van der Waals surface area contributed by atoms with E-state index in [1.165, 1.54) is 17.5 Å². The summed E-state index contributed by atoms with van der Waals surface area (Å²) in [5, 5.41) is 7.14. The molecule has 0 aliphatic carbocycles. The highest BCUT2D eigenvalue weighted by molar-refractivity contribution is 9.10. The van der Waals surface area contributed by atoms with Crippen LogP contribution in [0.15, 0.2) is 15.5 Å². The van der Waals surface area contributed by atoms with Crippen LogP contribution in [0.4, 0.5) is 5.69 Å². The average Bonchev–Trinajstić information content (AvgIpc) is 2.24. The number of halogens is 1. The summed E-state index contributed by atoms with van der Waals surface area (Å²) in [6, 6.07) is 0. The van der Waals surface area contributed by atoms with Crippen molar-refractivity contribution in [3.63, 3.8) is 0 Å². The molecule has 0 saturated carbocycles. The summed E-state index contributed by atoms with van der Waals surface area (Å²) in [5.74, 6) is 0. The topological polar surface area (TPSA) is 46.9 Å². The fourth-order valence-electron chi connectivity index (χ4n) is 1.23. The minimum atomic E-state index is -0.115. The lowest BCUT2D eigenvalue weighted by Crippen LogP contribution is -2.21. The summed E-state index contributed by atoms with van der Waals surface area (Å²) in [6.07, 6.45) is 5.16. The van der Waals surface area contributed by atoms with Crippen LogP contribution in [-0.4, -0.2) is 16.3 Å². The van der Waals surface area contributed by atoms with Gasteiger partial charge in [0.1, 0.15) is 4.47 Å². The highest BCUT2D eigenvalue weighted by Gasteiger charge is 2.05. The molecular weight excluding hydrogens is 258 g/mol. The Bertz CT molecular complexity index is 375. The molecule has 0 spiro atoms. The summed E-state index contributed by atoms with van der Waals surface area (Å²) >= 11 is 3.26. The number of hydrogen-bond acceptors (Lipinski definition) is 3. The molecule has 0 atom stereocenters. The number of unbranched alkanes of at least 4 members (excludes halogenated alkanes) is 2. The Morgan fingerprint density at radius 2 is 2.27 bits per heavy atom. The molecule has 0 saturated heterocycles. The van der Waals surface area contributed by atoms with Crippen molar-refractivity contribution >= 4 is 21.6 Å². The van der Waals surface area contributed by atoms with Gasteiger partial charge in [0.15, 0.2) is 0 Å². The van der Waals surface area contributed by atoms with E-state index < -0.39 is 0 Å². The Morgan fingerprint density at radius 1 is 1.53 bits per heavy atom. The first-order chi connectivity index (χ1) is 7.16. The van der Waals surface area contributed by atoms with E-state index in [4.69, 9.17) is 0 Å². The van der Waals surface area contributed by atoms with Crippen LogP contribution in [0.5, 0.6) is 0 Å². The zero-order valence-electron chi connectivity index (χ0n) is 9.09. The largest absolute Gasteiger partial charge is 0.383 e. The Balaban J connectivity index is 2.62. The molecule has 1 N–H and O–H groups in total. The van der Waals surface area contributed by atoms with Gasteiger partial charge < -0.3 is 5.32 Å². The van der Waals surface area contributed by atoms with E-state index in [0.29, 0.717) is 4.47 Å². The molecule has 0 aliphatic rings. The first-order valence-electron chi connectivity index (χ1n) is 5.12. The standard InChI is InChI=1S/C10H16BrN3O/c1-3-4-5-6-12-8-7-13-14(2)10(15)9(8)11/h7,12H,3-6H2,1-2H3. The summed E-state index contributed by atoms with van der Waals surface area (Å²) in [6.45, 7) is 3.04. The highest BCUT2D eigenvalue weighted by Crippen LogP contribution is 2.15. The van der Waals surface area contributed by atoms with E-state index in [2.05, 4.69) is 33.3 Å². The number of hydrogen-bond donors (Lipinski definition) is 1. The molecule has 5 heteroatoms. The van der Waals surface area contributed by atoms with Crippen molar-refractivity contribution in [1.82, 2.24) is 9.78 Å². The Kier molecular flexibility index (Phi) is 4.81. The van der Waals surface area contributed by atoms with Gasteiger partial charge in [0.25, 0.3) is 5.56 Å². The van der Waals surface area contributed by atoms with E-state index in [1.54, 1.807) is 13.2 Å². The van der Waals surface area contributed by atoms with E-state index in [1.807, 2.05) is 0 Å². The molecule has 0 radical (unpaired) electrons. The zero-order valence-corrected chi connectivity index (χ0v) is 10.7. The van der Waals surface area contributed by atoms with Crippen molar-refractivity contribution < 1.29 is 0 Å². The first kappa shape index (κ1) is 12.2. The molecular formula is C10H16BrN3O. The van der Waals surface area contributed by atoms with E-state index in [0.717, 1.165) is 18.7 Å². The van der Waals surface area contributed by atoms with Crippen LogP contribution < -0.4 is 10.9 Å². The van der Waals surface area contributed by atoms with Gasteiger partial charge in [0, 0.05) is 13.6 Å². The number of nitrogens with one attached hydrogen (secondary N) is 1. The van der Waals surface area contributed by atoms with Gasteiger partial charge in [-0.1, -0.05) is 19.8 Å². The molecule has 0 aromatic carbocycles. The number of nitrogens with zero attached hydrogens (tertiary/aromatic N) is 2. The molecule has 0 aliphatic heterocycles. The number of rotatable bonds is 5. The summed E-state index contributed by atoms with van der Waals surface area (Å²) in [5.41, 5.74) is 0.657. The highest BCUT2D eigenvalue weighted by atomic mass is 79.9. The quantitative estimate of drug-likeness (QED) is 0.837. The second-order valence-corrected chi connectivity index (χ2v) is 4.23. The van der Waals surface area contributed by atoms with E-state index in [-0.39, 0.29) is 5.56 Å². The van der Waals surface area contributed by atoms with E-state index in [9.17, 15) is 4.79 Å². The molecule has 15 heavy (non-hydrogen) atoms. The van der Waals surface area contributed by atoms with Crippen LogP contribution in [0, 0.1) is 0 Å². The molecule has 0 fully saturated rings. The number of aromatic nitrogens is 2. The Hall–Kier alpha value is -0.840. The number of anilines is 1. The van der Waals surface area contributed by atoms with Crippen LogP contribution >= 0.6 is 15.9 Å². The van der Waals surface area contributed by atoms with Gasteiger partial charge in [-0.05, 0) is 22.4 Å². The van der Waals surface area contributed by atoms with Gasteiger partial charge in [-0.2, -0.15) is 5.10 Å². The third-order valence-corrected chi connectivity index (χ3v) is 2.94. The smallest absolute Gasteiger partial charge is 0.282 e. The maximum absolute atomic E-state index is 11.5. The molecule has 0 amide bonds. The molecule has 0 bridgehead atoms. The molecule has 84 valence electrons. The molecule has 1 aromatic rings. The first-order valence-corrected chi connectivity index (χ1v) is 5.91. The van der Waals surface area contributed by atoms with Crippen LogP contribution in [-0.2, 0) is 7.05 Å². The second kappa shape index (κ2) is 5.90. The molecule has 1 aromatic heterocycles. The monoisotopic (exact) mass is 273 g/mol. The van der Waals surface area contributed by atoms with Gasteiger partial charge in [0.05, 0.1) is 11.9 Å². The minimum Gasteiger partial charge on any atom is -0.383 e. The Labute approximate surface area is 97.8 Å². The zero-order chi connectivity index (χ0) is 11.3. The van der Waals surface area contributed by atoms with Crippen molar-refractivity contribution in [3.05, 3.63) is 21.0 Å². The molecule has 1 heterocycles. The third-order valence-electron chi connectivity index (χ3n) is 2.17. The van der Waals surface area contributed by atoms with Crippen LogP contribution in [0.3, 0.4) is 0 Å². The van der Waals surface area contributed by atoms with Gasteiger partial charge >= 0.3 is 0 Å². The third kappa shape index (κ3) is 3.34. The van der Waals surface area contributed by atoms with Gasteiger partial charge in [-0.15, -0.1) is 0 Å². The second-order valence-electron chi connectivity index (χ2n) is 3.43. The Morgan fingerprint density at radius 3 is 2.93 bits per heavy atom. The van der Waals surface area contributed by atoms with Crippen molar-refractivity contribution in [3.8, 4) is 0 Å². The lowest BCUT2D eigenvalue weighted by molar-refractivity contribution is 0.700. The fraction of sp³-hybridized carbons (Fsp3) is 0.600. The SMILES string of the molecule is CCCCCNc1cnn(C)c(=O)c1Br. The van der Waals surface area contributed by atoms with Crippen molar-refractivity contribution in [2.75, 3.05) is 11.9 Å². The minimum absolute atomic E-state index is 0.115. The molecule has 1 rings (SSSR count). The van der Waals surface area contributed by atoms with Gasteiger partial charge in [-0.25, -0.2) is 4.68 Å². The lowest BCUT2D eigenvalue weighted by atomic mass is 10.2. The maximum Gasteiger partial charge on any atom is 0.282 e. The lowest BCUT2D eigenvalue weighted by Gasteiger charge is -2.07. The number of aryl methyl sites for hydroxylation is 1. The summed E-state index contributed by atoms with van der Waals surface area (Å²) in [7, 11) is 1.63. The normalized spacial score (nSPS) is 10.3. The fourth-order valence-corrected chi connectivity index (χ4v) is 1.73. The van der Waals surface area contributed by atoms with Crippen LogP contribution in [0.1, 0.15) is 26.2 Å². The molecule has 0 unspecified atom stereocenters. The van der Waals surface area contributed by atoms with Crippen molar-refractivity contribution in [2.24, 2.45) is 7.05 Å². The van der Waals surface area contributed by atoms with Crippen molar-refractivity contribution in [1.29, 1.82) is 0 Å². The van der Waals surface area contributed by atoms with Gasteiger partial charge in [0.2, 0.25) is 0 Å². The maximum atomic E-state index is 11.5. The van der Waals surface area contributed by atoms with Crippen molar-refractivity contribution in [2.45, 2.75) is 26.2 Å². The predicted molar refractivity (Wildman–Crippen MR) is 65.2 cm³/mol. The summed E-state index contributed by atoms with van der Waals surface area (Å²) in [4.78, 5) is 11.5. The van der Waals surface area contributed by atoms with Gasteiger partial charge in [-0.3, -0.25) is 4.79 Å². The average molecular weight is 274 g/mol. The van der Waals surface area contributed by atoms with Crippen LogP contribution in [0.2, 0.25) is 0 Å². The predicted octanol–water partition coefficient (Wildman–Crippen LogP) is 2.14. The van der Waals surface area contributed by atoms with Crippen LogP contribution in [0.25, 0.3) is 0 Å².